The highest BCUT2D eigenvalue weighted by Gasteiger charge is 2.41. The number of thioether (sulfide) groups is 1. The van der Waals surface area contributed by atoms with Gasteiger partial charge in [-0.05, 0) is 42.2 Å². The minimum Gasteiger partial charge on any atom is -0.298 e. The van der Waals surface area contributed by atoms with E-state index in [4.69, 9.17) is 0 Å². The monoisotopic (exact) mass is 416 g/mol. The van der Waals surface area contributed by atoms with E-state index in [0.717, 1.165) is 39.2 Å². The second-order valence-electron chi connectivity index (χ2n) is 7.62. The third-order valence-corrected chi connectivity index (χ3v) is 6.22. The van der Waals surface area contributed by atoms with E-state index in [9.17, 15) is 13.2 Å². The Balaban J connectivity index is 1.76. The van der Waals surface area contributed by atoms with Crippen LogP contribution < -0.4 is 5.43 Å². The normalized spacial score (nSPS) is 21.1. The van der Waals surface area contributed by atoms with Gasteiger partial charge in [0, 0.05) is 11.5 Å². The summed E-state index contributed by atoms with van der Waals surface area (Å²) in [4.78, 5) is 0. The Morgan fingerprint density at radius 3 is 2.24 bits per heavy atom. The SMILES string of the molecule is Cc1ccc(C=C2CSCC3=C2N(CC(F)(F)F)NC3c2ccc(C)cc2)cc1. The molecule has 1 N–H and O–H groups in total. The fourth-order valence-electron chi connectivity index (χ4n) is 3.79. The molecule has 0 aliphatic carbocycles. The lowest BCUT2D eigenvalue weighted by Gasteiger charge is -2.27. The Morgan fingerprint density at radius 1 is 1.00 bits per heavy atom. The zero-order valence-electron chi connectivity index (χ0n) is 16.4. The van der Waals surface area contributed by atoms with Crippen LogP contribution in [0.25, 0.3) is 6.08 Å². The molecule has 0 amide bonds. The molecule has 4 rings (SSSR count). The van der Waals surface area contributed by atoms with Gasteiger partial charge in [0.2, 0.25) is 0 Å². The highest BCUT2D eigenvalue weighted by Crippen LogP contribution is 2.43. The summed E-state index contributed by atoms with van der Waals surface area (Å²) in [5.41, 5.74) is 10.1. The molecule has 0 bridgehead atoms. The summed E-state index contributed by atoms with van der Waals surface area (Å²) in [5.74, 6) is 1.42. The number of hydrogen-bond donors (Lipinski definition) is 1. The third kappa shape index (κ3) is 4.54. The summed E-state index contributed by atoms with van der Waals surface area (Å²) in [5, 5.41) is 1.31. The molecule has 2 aromatic rings. The predicted molar refractivity (Wildman–Crippen MR) is 113 cm³/mol. The maximum Gasteiger partial charge on any atom is 0.407 e. The van der Waals surface area contributed by atoms with Gasteiger partial charge >= 0.3 is 6.18 Å². The molecule has 2 aliphatic heterocycles. The largest absolute Gasteiger partial charge is 0.407 e. The molecule has 2 aliphatic rings. The highest BCUT2D eigenvalue weighted by molar-refractivity contribution is 7.99. The van der Waals surface area contributed by atoms with Crippen molar-refractivity contribution in [3.05, 3.63) is 87.6 Å². The molecule has 0 radical (unpaired) electrons. The lowest BCUT2D eigenvalue weighted by molar-refractivity contribution is -0.146. The van der Waals surface area contributed by atoms with Crippen LogP contribution >= 0.6 is 11.8 Å². The zero-order chi connectivity index (χ0) is 20.6. The third-order valence-electron chi connectivity index (χ3n) is 5.19. The molecule has 2 aromatic carbocycles. The van der Waals surface area contributed by atoms with E-state index in [1.54, 1.807) is 11.8 Å². The summed E-state index contributed by atoms with van der Waals surface area (Å²) < 4.78 is 40.0. The first-order valence-corrected chi connectivity index (χ1v) is 10.7. The first kappa shape index (κ1) is 20.1. The quantitative estimate of drug-likeness (QED) is 0.680. The van der Waals surface area contributed by atoms with Crippen molar-refractivity contribution in [3.8, 4) is 0 Å². The molecule has 0 fully saturated rings. The molecule has 2 heterocycles. The molecule has 6 heteroatoms. The molecule has 152 valence electrons. The van der Waals surface area contributed by atoms with E-state index < -0.39 is 12.7 Å². The lowest BCUT2D eigenvalue weighted by Crippen LogP contribution is -2.41. The van der Waals surface area contributed by atoms with E-state index in [1.165, 1.54) is 5.01 Å². The first-order valence-electron chi connectivity index (χ1n) is 9.55. The number of hydrazine groups is 1. The summed E-state index contributed by atoms with van der Waals surface area (Å²) >= 11 is 1.75. The first-order chi connectivity index (χ1) is 13.8. The summed E-state index contributed by atoms with van der Waals surface area (Å²) in [6, 6.07) is 15.8. The summed E-state index contributed by atoms with van der Waals surface area (Å²) in [7, 11) is 0. The van der Waals surface area contributed by atoms with Crippen LogP contribution in [-0.2, 0) is 0 Å². The number of nitrogens with one attached hydrogen (secondary N) is 1. The van der Waals surface area contributed by atoms with Crippen molar-refractivity contribution >= 4 is 17.8 Å². The van der Waals surface area contributed by atoms with Gasteiger partial charge in [0.1, 0.15) is 6.54 Å². The number of aryl methyl sites for hydroxylation is 2. The number of rotatable bonds is 3. The van der Waals surface area contributed by atoms with E-state index >= 15 is 0 Å². The number of hydrogen-bond acceptors (Lipinski definition) is 3. The van der Waals surface area contributed by atoms with E-state index in [0.29, 0.717) is 11.4 Å². The number of allylic oxidation sites excluding steroid dienone is 1. The van der Waals surface area contributed by atoms with Crippen LogP contribution in [0, 0.1) is 13.8 Å². The Kier molecular flexibility index (Phi) is 5.49. The maximum atomic E-state index is 13.3. The van der Waals surface area contributed by atoms with Gasteiger partial charge in [-0.15, -0.1) is 0 Å². The second kappa shape index (κ2) is 7.92. The number of nitrogens with zero attached hydrogens (tertiary/aromatic N) is 1. The van der Waals surface area contributed by atoms with E-state index in [1.807, 2.05) is 68.5 Å². The molecule has 0 saturated carbocycles. The minimum absolute atomic E-state index is 0.234. The van der Waals surface area contributed by atoms with Crippen LogP contribution in [0.3, 0.4) is 0 Å². The van der Waals surface area contributed by atoms with Crippen molar-refractivity contribution in [1.82, 2.24) is 10.4 Å². The van der Waals surface area contributed by atoms with Crippen molar-refractivity contribution in [1.29, 1.82) is 0 Å². The molecule has 0 saturated heterocycles. The topological polar surface area (TPSA) is 15.3 Å². The number of alkyl halides is 3. The minimum atomic E-state index is -4.28. The smallest absolute Gasteiger partial charge is 0.298 e. The number of halogens is 3. The zero-order valence-corrected chi connectivity index (χ0v) is 17.2. The Bertz CT molecular complexity index is 944. The Hall–Kier alpha value is -2.18. The Morgan fingerprint density at radius 2 is 1.62 bits per heavy atom. The van der Waals surface area contributed by atoms with Gasteiger partial charge in [-0.1, -0.05) is 59.7 Å². The van der Waals surface area contributed by atoms with Gasteiger partial charge in [-0.2, -0.15) is 24.9 Å². The molecule has 29 heavy (non-hydrogen) atoms. The molecule has 1 atom stereocenters. The van der Waals surface area contributed by atoms with Crippen molar-refractivity contribution in [2.45, 2.75) is 26.1 Å². The van der Waals surface area contributed by atoms with Gasteiger partial charge in [0.25, 0.3) is 0 Å². The van der Waals surface area contributed by atoms with Crippen LogP contribution in [0.5, 0.6) is 0 Å². The maximum absolute atomic E-state index is 13.3. The van der Waals surface area contributed by atoms with Crippen LogP contribution in [0.1, 0.15) is 28.3 Å². The van der Waals surface area contributed by atoms with Crippen molar-refractivity contribution in [2.75, 3.05) is 18.1 Å². The summed E-state index contributed by atoms with van der Waals surface area (Å²) in [6.45, 7) is 3.02. The molecule has 1 unspecified atom stereocenters. The van der Waals surface area contributed by atoms with Gasteiger partial charge < -0.3 is 0 Å². The van der Waals surface area contributed by atoms with Gasteiger partial charge in [0.05, 0.1) is 11.7 Å². The van der Waals surface area contributed by atoms with Crippen molar-refractivity contribution in [3.63, 3.8) is 0 Å². The molecule has 2 nitrogen and oxygen atoms in total. The standard InChI is InChI=1S/C23H23F3N2S/c1-15-3-7-17(8-4-15)11-19-12-29-13-20-21(18-9-5-16(2)6-10-18)27-28(22(19)20)14-23(24,25)26/h3-11,21,27H,12-14H2,1-2H3. The lowest BCUT2D eigenvalue weighted by atomic mass is 9.96. The van der Waals surface area contributed by atoms with Gasteiger partial charge in [-0.3, -0.25) is 5.01 Å². The van der Waals surface area contributed by atoms with Crippen molar-refractivity contribution in [2.24, 2.45) is 0 Å². The fourth-order valence-corrected chi connectivity index (χ4v) is 4.86. The Labute approximate surface area is 173 Å². The molecule has 0 aromatic heterocycles. The number of benzene rings is 2. The molecule has 0 spiro atoms. The van der Waals surface area contributed by atoms with E-state index in [-0.39, 0.29) is 6.04 Å². The highest BCUT2D eigenvalue weighted by atomic mass is 32.2. The van der Waals surface area contributed by atoms with Crippen LogP contribution in [-0.4, -0.2) is 29.2 Å². The molecular weight excluding hydrogens is 393 g/mol. The molecular formula is C23H23F3N2S. The average Bonchev–Trinajstić information content (AvgIpc) is 3.02. The summed E-state index contributed by atoms with van der Waals surface area (Å²) in [6.07, 6.45) is -2.27. The van der Waals surface area contributed by atoms with Gasteiger partial charge in [-0.25, -0.2) is 5.43 Å². The predicted octanol–water partition coefficient (Wildman–Crippen LogP) is 5.81. The van der Waals surface area contributed by atoms with Crippen molar-refractivity contribution < 1.29 is 13.2 Å². The van der Waals surface area contributed by atoms with Crippen LogP contribution in [0.2, 0.25) is 0 Å². The fraction of sp³-hybridized carbons (Fsp3) is 0.304. The van der Waals surface area contributed by atoms with Crippen LogP contribution in [0.4, 0.5) is 13.2 Å². The van der Waals surface area contributed by atoms with Gasteiger partial charge in [0.15, 0.2) is 0 Å². The van der Waals surface area contributed by atoms with E-state index in [2.05, 4.69) is 5.43 Å². The average molecular weight is 417 g/mol. The second-order valence-corrected chi connectivity index (χ2v) is 8.61. The van der Waals surface area contributed by atoms with Crippen LogP contribution in [0.15, 0.2) is 65.4 Å².